The maximum absolute atomic E-state index is 11.3. The molecule has 0 atom stereocenters. The molecule has 1 aromatic heterocycles. The second-order valence-corrected chi connectivity index (χ2v) is 5.86. The number of hydrogen-bond acceptors (Lipinski definition) is 4. The van der Waals surface area contributed by atoms with Gasteiger partial charge < -0.3 is 0 Å². The Kier molecular flexibility index (Phi) is 5.28. The molecule has 0 amide bonds. The standard InChI is InChI=1S/C10H16O3S2/c1-2-3-8-15(11,12)13-6-4-10-5-7-14-9-10/h5,7,9H,2-4,6,8H2,1H3. The first-order valence-corrected chi connectivity index (χ1v) is 7.54. The van der Waals surface area contributed by atoms with E-state index in [1.165, 1.54) is 0 Å². The summed E-state index contributed by atoms with van der Waals surface area (Å²) in [6, 6.07) is 1.98. The normalized spacial score (nSPS) is 11.8. The van der Waals surface area contributed by atoms with Crippen molar-refractivity contribution in [2.24, 2.45) is 0 Å². The lowest BCUT2D eigenvalue weighted by Gasteiger charge is -2.03. The summed E-state index contributed by atoms with van der Waals surface area (Å²) in [5, 5.41) is 3.98. The second kappa shape index (κ2) is 6.25. The summed E-state index contributed by atoms with van der Waals surface area (Å²) < 4.78 is 27.5. The summed E-state index contributed by atoms with van der Waals surface area (Å²) in [5.41, 5.74) is 1.13. The van der Waals surface area contributed by atoms with Crippen LogP contribution in [0.5, 0.6) is 0 Å². The Morgan fingerprint density at radius 1 is 1.47 bits per heavy atom. The zero-order valence-electron chi connectivity index (χ0n) is 8.81. The van der Waals surface area contributed by atoms with E-state index in [4.69, 9.17) is 4.18 Å². The van der Waals surface area contributed by atoms with Crippen LogP contribution in [0.3, 0.4) is 0 Å². The van der Waals surface area contributed by atoms with E-state index in [0.29, 0.717) is 12.8 Å². The van der Waals surface area contributed by atoms with Crippen molar-refractivity contribution in [2.75, 3.05) is 12.4 Å². The number of hydrogen-bond donors (Lipinski definition) is 0. The van der Waals surface area contributed by atoms with Crippen molar-refractivity contribution in [3.63, 3.8) is 0 Å². The molecule has 0 aliphatic rings. The summed E-state index contributed by atoms with van der Waals surface area (Å²) in [4.78, 5) is 0. The summed E-state index contributed by atoms with van der Waals surface area (Å²) in [5.74, 6) is 0.132. The highest BCUT2D eigenvalue weighted by molar-refractivity contribution is 7.86. The average Bonchev–Trinajstić information content (AvgIpc) is 2.67. The molecule has 1 heterocycles. The second-order valence-electron chi connectivity index (χ2n) is 3.32. The molecule has 0 fully saturated rings. The molecule has 1 aromatic rings. The fraction of sp³-hybridized carbons (Fsp3) is 0.600. The molecule has 5 heteroatoms. The fourth-order valence-electron chi connectivity index (χ4n) is 1.10. The maximum Gasteiger partial charge on any atom is 0.267 e. The van der Waals surface area contributed by atoms with Gasteiger partial charge in [0.1, 0.15) is 0 Å². The van der Waals surface area contributed by atoms with Crippen molar-refractivity contribution in [1.29, 1.82) is 0 Å². The van der Waals surface area contributed by atoms with Crippen LogP contribution in [-0.4, -0.2) is 20.8 Å². The van der Waals surface area contributed by atoms with Gasteiger partial charge in [0.25, 0.3) is 10.1 Å². The minimum Gasteiger partial charge on any atom is -0.270 e. The quantitative estimate of drug-likeness (QED) is 0.696. The maximum atomic E-state index is 11.3. The summed E-state index contributed by atoms with van der Waals surface area (Å²) in [7, 11) is -3.29. The Bertz CT molecular complexity index is 354. The molecule has 0 bridgehead atoms. The lowest BCUT2D eigenvalue weighted by molar-refractivity contribution is 0.321. The van der Waals surface area contributed by atoms with Gasteiger partial charge in [-0.25, -0.2) is 0 Å². The first-order valence-electron chi connectivity index (χ1n) is 5.02. The number of unbranched alkanes of at least 4 members (excludes halogenated alkanes) is 1. The van der Waals surface area contributed by atoms with Gasteiger partial charge in [-0.2, -0.15) is 19.8 Å². The van der Waals surface area contributed by atoms with Gasteiger partial charge in [-0.15, -0.1) is 0 Å². The Morgan fingerprint density at radius 3 is 2.87 bits per heavy atom. The van der Waals surface area contributed by atoms with E-state index in [9.17, 15) is 8.42 Å². The smallest absolute Gasteiger partial charge is 0.267 e. The van der Waals surface area contributed by atoms with Gasteiger partial charge in [0.2, 0.25) is 0 Å². The largest absolute Gasteiger partial charge is 0.270 e. The third-order valence-electron chi connectivity index (χ3n) is 1.98. The van der Waals surface area contributed by atoms with Gasteiger partial charge in [-0.1, -0.05) is 13.3 Å². The molecule has 0 saturated heterocycles. The van der Waals surface area contributed by atoms with E-state index in [2.05, 4.69) is 0 Å². The zero-order chi connectivity index (χ0) is 11.1. The fourth-order valence-corrected chi connectivity index (χ4v) is 2.90. The molecule has 0 aliphatic heterocycles. The van der Waals surface area contributed by atoms with Crippen LogP contribution in [0.4, 0.5) is 0 Å². The Morgan fingerprint density at radius 2 is 2.27 bits per heavy atom. The molecular weight excluding hydrogens is 232 g/mol. The molecular formula is C10H16O3S2. The number of rotatable bonds is 7. The van der Waals surface area contributed by atoms with Crippen molar-refractivity contribution in [3.8, 4) is 0 Å². The first kappa shape index (κ1) is 12.7. The molecule has 3 nitrogen and oxygen atoms in total. The lowest BCUT2D eigenvalue weighted by Crippen LogP contribution is -2.12. The van der Waals surface area contributed by atoms with Crippen LogP contribution < -0.4 is 0 Å². The van der Waals surface area contributed by atoms with Crippen LogP contribution in [-0.2, 0) is 20.7 Å². The molecule has 0 radical (unpaired) electrons. The first-order chi connectivity index (χ1) is 7.14. The van der Waals surface area contributed by atoms with Crippen molar-refractivity contribution < 1.29 is 12.6 Å². The highest BCUT2D eigenvalue weighted by Crippen LogP contribution is 2.07. The Balaban J connectivity index is 2.24. The zero-order valence-corrected chi connectivity index (χ0v) is 10.4. The van der Waals surface area contributed by atoms with E-state index in [1.807, 2.05) is 23.8 Å². The summed E-state index contributed by atoms with van der Waals surface area (Å²) >= 11 is 1.61. The van der Waals surface area contributed by atoms with Crippen molar-refractivity contribution in [1.82, 2.24) is 0 Å². The lowest BCUT2D eigenvalue weighted by atomic mass is 10.3. The molecule has 0 saturated carbocycles. The van der Waals surface area contributed by atoms with Gasteiger partial charge in [0.15, 0.2) is 0 Å². The van der Waals surface area contributed by atoms with Gasteiger partial charge in [0.05, 0.1) is 12.4 Å². The number of thiophene rings is 1. The molecule has 86 valence electrons. The SMILES string of the molecule is CCCCS(=O)(=O)OCCc1ccsc1. The van der Waals surface area contributed by atoms with E-state index in [1.54, 1.807) is 11.3 Å². The van der Waals surface area contributed by atoms with Crippen molar-refractivity contribution in [2.45, 2.75) is 26.2 Å². The van der Waals surface area contributed by atoms with Crippen molar-refractivity contribution in [3.05, 3.63) is 22.4 Å². The van der Waals surface area contributed by atoms with E-state index in [-0.39, 0.29) is 12.4 Å². The minimum atomic E-state index is -3.29. The molecule has 1 rings (SSSR count). The predicted molar refractivity (Wildman–Crippen MR) is 62.7 cm³/mol. The van der Waals surface area contributed by atoms with Gasteiger partial charge in [-0.3, -0.25) is 4.18 Å². The molecule has 0 N–H and O–H groups in total. The summed E-state index contributed by atoms with van der Waals surface area (Å²) in [6.45, 7) is 2.21. The summed E-state index contributed by atoms with van der Waals surface area (Å²) in [6.07, 6.45) is 2.20. The van der Waals surface area contributed by atoms with Crippen LogP contribution in [0.25, 0.3) is 0 Å². The third-order valence-corrected chi connectivity index (χ3v) is 4.03. The van der Waals surface area contributed by atoms with Gasteiger partial charge in [0, 0.05) is 0 Å². The third kappa shape index (κ3) is 5.30. The Hall–Kier alpha value is -0.390. The highest BCUT2D eigenvalue weighted by Gasteiger charge is 2.09. The van der Waals surface area contributed by atoms with E-state index >= 15 is 0 Å². The molecule has 0 aromatic carbocycles. The molecule has 0 unspecified atom stereocenters. The average molecular weight is 248 g/mol. The van der Waals surface area contributed by atoms with Crippen molar-refractivity contribution >= 4 is 21.5 Å². The van der Waals surface area contributed by atoms with Gasteiger partial charge in [-0.05, 0) is 35.2 Å². The molecule has 15 heavy (non-hydrogen) atoms. The van der Waals surface area contributed by atoms with E-state index < -0.39 is 10.1 Å². The Labute approximate surface area is 95.2 Å². The van der Waals surface area contributed by atoms with Crippen LogP contribution in [0.2, 0.25) is 0 Å². The van der Waals surface area contributed by atoms with Crippen LogP contribution in [0, 0.1) is 0 Å². The topological polar surface area (TPSA) is 43.4 Å². The van der Waals surface area contributed by atoms with Gasteiger partial charge >= 0.3 is 0 Å². The van der Waals surface area contributed by atoms with Crippen LogP contribution >= 0.6 is 11.3 Å². The highest BCUT2D eigenvalue weighted by atomic mass is 32.2. The monoisotopic (exact) mass is 248 g/mol. The minimum absolute atomic E-state index is 0.132. The predicted octanol–water partition coefficient (Wildman–Crippen LogP) is 2.44. The van der Waals surface area contributed by atoms with Crippen LogP contribution in [0.15, 0.2) is 16.8 Å². The molecule has 0 aliphatic carbocycles. The molecule has 0 spiro atoms. The van der Waals surface area contributed by atoms with Crippen LogP contribution in [0.1, 0.15) is 25.3 Å². The van der Waals surface area contributed by atoms with E-state index in [0.717, 1.165) is 12.0 Å².